The van der Waals surface area contributed by atoms with E-state index in [1.807, 2.05) is 5.92 Å². The molecule has 31 heavy (non-hydrogen) atoms. The van der Waals surface area contributed by atoms with Crippen LogP contribution in [-0.2, 0) is 31.6 Å². The summed E-state index contributed by atoms with van der Waals surface area (Å²) in [4.78, 5) is 38.6. The summed E-state index contributed by atoms with van der Waals surface area (Å²) in [6.07, 6.45) is 2.98. The van der Waals surface area contributed by atoms with Crippen molar-refractivity contribution in [3.8, 4) is 12.3 Å². The van der Waals surface area contributed by atoms with Gasteiger partial charge in [0.15, 0.2) is 22.9 Å². The molecular formula is C11H15N2O13P3S2. The van der Waals surface area contributed by atoms with Gasteiger partial charge in [-0.05, 0) is 18.3 Å². The number of ether oxygens (including phenoxy) is 1. The third-order valence-corrected chi connectivity index (χ3v) is 8.07. The number of hydrogen-bond acceptors (Lipinski definition) is 11. The minimum atomic E-state index is -5.81. The average molecular weight is 540 g/mol. The Morgan fingerprint density at radius 2 is 1.84 bits per heavy atom. The molecule has 4 unspecified atom stereocenters. The maximum Gasteiger partial charge on any atom is 0.490 e. The van der Waals surface area contributed by atoms with Gasteiger partial charge in [0, 0.05) is 6.20 Å². The van der Waals surface area contributed by atoms with E-state index in [0.29, 0.717) is 0 Å². The molecule has 0 bridgehead atoms. The van der Waals surface area contributed by atoms with Gasteiger partial charge in [-0.3, -0.25) is 9.09 Å². The van der Waals surface area contributed by atoms with Crippen LogP contribution in [0.4, 0.5) is 0 Å². The Labute approximate surface area is 183 Å². The molecule has 1 aliphatic rings. The van der Waals surface area contributed by atoms with Crippen molar-refractivity contribution < 1.29 is 61.4 Å². The molecule has 20 heteroatoms. The minimum absolute atomic E-state index is 0.0955. The molecule has 1 aromatic heterocycles. The Kier molecular flexibility index (Phi) is 8.00. The molecule has 0 saturated carbocycles. The van der Waals surface area contributed by atoms with E-state index in [1.54, 1.807) is 0 Å². The van der Waals surface area contributed by atoms with Crippen molar-refractivity contribution in [1.82, 2.24) is 9.55 Å². The van der Waals surface area contributed by atoms with Gasteiger partial charge >= 0.3 is 23.5 Å². The number of terminal acetylenes is 1. The standard InChI is InChI=1S/C11H15N2O13P3S2/c1-2-11(15)6(5-14)8(23-9(11)13-4-3-7(30)12-10(13)31)24-28(19,20)26-29(21,22)25-27(16,17)18/h1,3-4,6,8-9,14-15H,5H2,(H,19,20)(H,21,22)(H,12,30,31)(H2,16,17,18)/t6?,8-,9-,11?/m1/s1. The van der Waals surface area contributed by atoms with Gasteiger partial charge in [0.2, 0.25) is 0 Å². The number of aromatic nitrogens is 2. The lowest BCUT2D eigenvalue weighted by Gasteiger charge is -2.28. The zero-order chi connectivity index (χ0) is 23.8. The molecule has 15 nitrogen and oxygen atoms in total. The number of rotatable bonds is 8. The second-order valence-electron chi connectivity index (χ2n) is 5.83. The van der Waals surface area contributed by atoms with Crippen LogP contribution < -0.4 is 0 Å². The number of nitrogens with one attached hydrogen (secondary N) is 1. The first kappa shape index (κ1) is 26.6. The molecule has 2 heterocycles. The number of phosphoric ester groups is 1. The van der Waals surface area contributed by atoms with Gasteiger partial charge in [-0.2, -0.15) is 8.62 Å². The highest BCUT2D eigenvalue weighted by Crippen LogP contribution is 2.67. The van der Waals surface area contributed by atoms with Gasteiger partial charge in [0.05, 0.1) is 12.5 Å². The van der Waals surface area contributed by atoms with Gasteiger partial charge in [-0.25, -0.2) is 13.7 Å². The number of hydrogen-bond donors (Lipinski definition) is 7. The maximum atomic E-state index is 12.1. The van der Waals surface area contributed by atoms with Gasteiger partial charge in [-0.1, -0.05) is 18.1 Å². The highest BCUT2D eigenvalue weighted by Gasteiger charge is 2.58. The van der Waals surface area contributed by atoms with E-state index in [-0.39, 0.29) is 9.41 Å². The highest BCUT2D eigenvalue weighted by molar-refractivity contribution is 7.72. The van der Waals surface area contributed by atoms with Crippen molar-refractivity contribution in [2.75, 3.05) is 6.61 Å². The number of aliphatic hydroxyl groups excluding tert-OH is 1. The molecule has 1 aromatic rings. The van der Waals surface area contributed by atoms with E-state index in [4.69, 9.17) is 45.4 Å². The Morgan fingerprint density at radius 1 is 1.23 bits per heavy atom. The van der Waals surface area contributed by atoms with Crippen LogP contribution in [0.15, 0.2) is 12.3 Å². The largest absolute Gasteiger partial charge is 0.490 e. The summed E-state index contributed by atoms with van der Waals surface area (Å²) < 4.78 is 52.5. The predicted octanol–water partition coefficient (Wildman–Crippen LogP) is 0.446. The summed E-state index contributed by atoms with van der Waals surface area (Å²) in [5.74, 6) is 0.339. The van der Waals surface area contributed by atoms with Crippen molar-refractivity contribution in [2.45, 2.75) is 18.1 Å². The third kappa shape index (κ3) is 6.46. The summed E-state index contributed by atoms with van der Waals surface area (Å²) in [7, 11) is -17.1. The number of phosphoric acid groups is 3. The quantitative estimate of drug-likeness (QED) is 0.135. The lowest BCUT2D eigenvalue weighted by atomic mass is 9.89. The summed E-state index contributed by atoms with van der Waals surface area (Å²) >= 11 is 9.96. The van der Waals surface area contributed by atoms with Gasteiger partial charge in [0.1, 0.15) is 4.64 Å². The van der Waals surface area contributed by atoms with E-state index >= 15 is 0 Å². The summed E-state index contributed by atoms with van der Waals surface area (Å²) in [5, 5.41) is 20.5. The molecule has 0 aromatic carbocycles. The van der Waals surface area contributed by atoms with Gasteiger partial charge < -0.3 is 39.5 Å². The fourth-order valence-electron chi connectivity index (χ4n) is 2.54. The van der Waals surface area contributed by atoms with Crippen LogP contribution >= 0.6 is 47.9 Å². The molecule has 174 valence electrons. The first-order chi connectivity index (χ1) is 14.0. The molecule has 6 atom stereocenters. The van der Waals surface area contributed by atoms with Crippen LogP contribution in [0, 0.1) is 27.7 Å². The SMILES string of the molecule is C#CC1(O)C(CO)[C@@H](OP(=O)(O)OP(=O)(O)OP(=O)(O)O)O[C@H]1n1ccc(=S)[nH]c1=S. The number of aliphatic hydroxyl groups is 2. The summed E-state index contributed by atoms with van der Waals surface area (Å²) in [5.41, 5.74) is -2.39. The van der Waals surface area contributed by atoms with Crippen LogP contribution in [0.2, 0.25) is 0 Å². The average Bonchev–Trinajstić information content (AvgIpc) is 2.82. The zero-order valence-electron chi connectivity index (χ0n) is 14.8. The normalized spacial score (nSPS) is 30.3. The molecule has 1 fully saturated rings. The van der Waals surface area contributed by atoms with Crippen molar-refractivity contribution >= 4 is 47.9 Å². The topological polar surface area (TPSA) is 230 Å². The van der Waals surface area contributed by atoms with E-state index < -0.39 is 54.1 Å². The third-order valence-electron chi connectivity index (χ3n) is 3.72. The first-order valence-electron chi connectivity index (χ1n) is 7.64. The zero-order valence-corrected chi connectivity index (χ0v) is 19.1. The Hall–Kier alpha value is -0.630. The second-order valence-corrected chi connectivity index (χ2v) is 11.0. The van der Waals surface area contributed by atoms with E-state index in [0.717, 1.165) is 4.57 Å². The van der Waals surface area contributed by atoms with Crippen molar-refractivity contribution in [2.24, 2.45) is 5.92 Å². The molecule has 0 spiro atoms. The second kappa shape index (κ2) is 9.32. The van der Waals surface area contributed by atoms with Crippen LogP contribution in [0.3, 0.4) is 0 Å². The van der Waals surface area contributed by atoms with Crippen molar-refractivity contribution in [3.05, 3.63) is 21.7 Å². The van der Waals surface area contributed by atoms with Crippen LogP contribution in [0.5, 0.6) is 0 Å². The minimum Gasteiger partial charge on any atom is -0.396 e. The molecule has 0 amide bonds. The van der Waals surface area contributed by atoms with E-state index in [1.165, 1.54) is 12.3 Å². The van der Waals surface area contributed by atoms with Crippen LogP contribution in [-0.4, -0.2) is 57.8 Å². The molecule has 0 radical (unpaired) electrons. The molecular weight excluding hydrogens is 525 g/mol. The van der Waals surface area contributed by atoms with Crippen molar-refractivity contribution in [1.29, 1.82) is 0 Å². The fourth-order valence-corrected chi connectivity index (χ4v) is 6.15. The van der Waals surface area contributed by atoms with Gasteiger partial charge in [-0.15, -0.1) is 6.42 Å². The van der Waals surface area contributed by atoms with Crippen LogP contribution in [0.1, 0.15) is 6.23 Å². The summed E-state index contributed by atoms with van der Waals surface area (Å²) in [6.45, 7) is -0.978. The monoisotopic (exact) mass is 540 g/mol. The lowest BCUT2D eigenvalue weighted by Crippen LogP contribution is -2.43. The van der Waals surface area contributed by atoms with Gasteiger partial charge in [0.25, 0.3) is 0 Å². The molecule has 0 aliphatic carbocycles. The Bertz CT molecular complexity index is 1140. The fraction of sp³-hybridized carbons (Fsp3) is 0.455. The highest BCUT2D eigenvalue weighted by atomic mass is 32.1. The van der Waals surface area contributed by atoms with Crippen LogP contribution in [0.25, 0.3) is 0 Å². The molecule has 1 aliphatic heterocycles. The van der Waals surface area contributed by atoms with E-state index in [2.05, 4.69) is 18.1 Å². The number of H-pyrrole nitrogens is 1. The summed E-state index contributed by atoms with van der Waals surface area (Å²) in [6, 6.07) is 1.34. The Morgan fingerprint density at radius 3 is 2.32 bits per heavy atom. The predicted molar refractivity (Wildman–Crippen MR) is 104 cm³/mol. The number of aromatic amines is 1. The number of nitrogens with zero attached hydrogens (tertiary/aromatic N) is 1. The molecule has 1 saturated heterocycles. The van der Waals surface area contributed by atoms with E-state index in [9.17, 15) is 33.7 Å². The van der Waals surface area contributed by atoms with Crippen molar-refractivity contribution in [3.63, 3.8) is 0 Å². The molecule has 2 rings (SSSR count). The lowest BCUT2D eigenvalue weighted by molar-refractivity contribution is -0.129. The Balaban J connectivity index is 2.36. The smallest absolute Gasteiger partial charge is 0.396 e. The first-order valence-corrected chi connectivity index (χ1v) is 13.0. The molecule has 7 N–H and O–H groups in total. The maximum absolute atomic E-state index is 12.1.